The molecule has 0 heterocycles. The largest absolute Gasteiger partial charge is 0.325 e. The number of hydrogen-bond acceptors (Lipinski definition) is 2. The number of thioether (sulfide) groups is 1. The minimum Gasteiger partial charge on any atom is -0.325 e. The van der Waals surface area contributed by atoms with Gasteiger partial charge in [0.25, 0.3) is 0 Å². The number of rotatable bonds is 3. The molecule has 0 aliphatic rings. The maximum absolute atomic E-state index is 11.0. The molecule has 1 aromatic carbocycles. The molecule has 0 radical (unpaired) electrons. The van der Waals surface area contributed by atoms with E-state index in [0.717, 1.165) is 10.6 Å². The Bertz CT molecular complexity index is 366. The molecule has 4 heteroatoms. The average Bonchev–Trinajstić information content (AvgIpc) is 2.09. The van der Waals surface area contributed by atoms with Crippen molar-refractivity contribution in [3.8, 4) is 0 Å². The molecule has 1 amide bonds. The first-order valence-electron chi connectivity index (χ1n) is 4.73. The Balaban J connectivity index is 3.02. The molecule has 0 unspecified atom stereocenters. The zero-order valence-corrected chi connectivity index (χ0v) is 10.6. The first-order valence-corrected chi connectivity index (χ1v) is 5.99. The standard InChI is InChI=1S/C11H14ClNOS/c1-7(2)15-11-9(12)5-4-6-10(11)13-8(3)14/h4-7H,1-3H3,(H,13,14). The normalized spacial score (nSPS) is 10.5. The lowest BCUT2D eigenvalue weighted by atomic mass is 10.3. The lowest BCUT2D eigenvalue weighted by Gasteiger charge is -2.12. The smallest absolute Gasteiger partial charge is 0.221 e. The van der Waals surface area contributed by atoms with Crippen molar-refractivity contribution in [2.75, 3.05) is 5.32 Å². The molecule has 0 atom stereocenters. The molecule has 0 spiro atoms. The molecule has 0 bridgehead atoms. The number of carbonyl (C=O) groups is 1. The summed E-state index contributed by atoms with van der Waals surface area (Å²) in [6.07, 6.45) is 0. The van der Waals surface area contributed by atoms with E-state index in [1.54, 1.807) is 11.8 Å². The molecule has 0 fully saturated rings. The van der Waals surface area contributed by atoms with Crippen molar-refractivity contribution in [1.82, 2.24) is 0 Å². The molecule has 0 aromatic heterocycles. The van der Waals surface area contributed by atoms with E-state index < -0.39 is 0 Å². The highest BCUT2D eigenvalue weighted by Crippen LogP contribution is 2.36. The van der Waals surface area contributed by atoms with Gasteiger partial charge in [0.05, 0.1) is 10.7 Å². The molecule has 2 nitrogen and oxygen atoms in total. The van der Waals surface area contributed by atoms with E-state index in [1.165, 1.54) is 6.92 Å². The predicted molar refractivity (Wildman–Crippen MR) is 66.7 cm³/mol. The van der Waals surface area contributed by atoms with Crippen LogP contribution >= 0.6 is 23.4 Å². The van der Waals surface area contributed by atoms with Gasteiger partial charge in [-0.2, -0.15) is 0 Å². The van der Waals surface area contributed by atoms with Crippen LogP contribution in [-0.2, 0) is 4.79 Å². The number of amides is 1. The third-order valence-corrected chi connectivity index (χ3v) is 3.21. The second kappa shape index (κ2) is 5.42. The first kappa shape index (κ1) is 12.4. The summed E-state index contributed by atoms with van der Waals surface area (Å²) < 4.78 is 0. The Kier molecular flexibility index (Phi) is 4.48. The zero-order chi connectivity index (χ0) is 11.4. The molecule has 1 aromatic rings. The van der Waals surface area contributed by atoms with Gasteiger partial charge in [-0.05, 0) is 12.1 Å². The predicted octanol–water partition coefficient (Wildman–Crippen LogP) is 3.80. The number of benzene rings is 1. The molecule has 82 valence electrons. The van der Waals surface area contributed by atoms with Crippen LogP contribution in [0.3, 0.4) is 0 Å². The van der Waals surface area contributed by atoms with Crippen LogP contribution < -0.4 is 5.32 Å². The monoisotopic (exact) mass is 243 g/mol. The maximum atomic E-state index is 11.0. The van der Waals surface area contributed by atoms with Gasteiger partial charge in [0.1, 0.15) is 0 Å². The molecule has 1 N–H and O–H groups in total. The fourth-order valence-electron chi connectivity index (χ4n) is 1.15. The topological polar surface area (TPSA) is 29.1 Å². The van der Waals surface area contributed by atoms with Crippen LogP contribution in [0.4, 0.5) is 5.69 Å². The van der Waals surface area contributed by atoms with Gasteiger partial charge in [0, 0.05) is 17.1 Å². The summed E-state index contributed by atoms with van der Waals surface area (Å²) in [5, 5.41) is 3.88. The first-order chi connectivity index (χ1) is 7.00. The summed E-state index contributed by atoms with van der Waals surface area (Å²) in [5.41, 5.74) is 0.786. The Labute approximate surface area is 99.4 Å². The Morgan fingerprint density at radius 3 is 2.67 bits per heavy atom. The van der Waals surface area contributed by atoms with Gasteiger partial charge in [-0.15, -0.1) is 11.8 Å². The van der Waals surface area contributed by atoms with Crippen LogP contribution in [0.25, 0.3) is 0 Å². The van der Waals surface area contributed by atoms with Crippen molar-refractivity contribution in [2.24, 2.45) is 0 Å². The fraction of sp³-hybridized carbons (Fsp3) is 0.364. The van der Waals surface area contributed by atoms with Gasteiger partial charge in [-0.3, -0.25) is 4.79 Å². The molecule has 1 rings (SSSR count). The summed E-state index contributed by atoms with van der Waals surface area (Å²) in [5.74, 6) is -0.0807. The van der Waals surface area contributed by atoms with E-state index in [9.17, 15) is 4.79 Å². The van der Waals surface area contributed by atoms with Crippen LogP contribution in [0.15, 0.2) is 23.1 Å². The fourth-order valence-corrected chi connectivity index (χ4v) is 2.36. The van der Waals surface area contributed by atoms with E-state index in [2.05, 4.69) is 19.2 Å². The van der Waals surface area contributed by atoms with Crippen LogP contribution in [0.5, 0.6) is 0 Å². The lowest BCUT2D eigenvalue weighted by Crippen LogP contribution is -2.07. The molecule has 0 saturated carbocycles. The second-order valence-electron chi connectivity index (χ2n) is 3.46. The van der Waals surface area contributed by atoms with E-state index in [0.29, 0.717) is 10.3 Å². The van der Waals surface area contributed by atoms with Crippen LogP contribution in [0.1, 0.15) is 20.8 Å². The highest BCUT2D eigenvalue weighted by atomic mass is 35.5. The average molecular weight is 244 g/mol. The van der Waals surface area contributed by atoms with Gasteiger partial charge in [0.2, 0.25) is 5.91 Å². The van der Waals surface area contributed by atoms with Gasteiger partial charge in [-0.25, -0.2) is 0 Å². The molecule has 15 heavy (non-hydrogen) atoms. The summed E-state index contributed by atoms with van der Waals surface area (Å²) in [6, 6.07) is 5.52. The van der Waals surface area contributed by atoms with Crippen molar-refractivity contribution < 1.29 is 4.79 Å². The summed E-state index contributed by atoms with van der Waals surface area (Å²) in [4.78, 5) is 11.9. The number of nitrogens with one attached hydrogen (secondary N) is 1. The van der Waals surface area contributed by atoms with Crippen LogP contribution in [-0.4, -0.2) is 11.2 Å². The van der Waals surface area contributed by atoms with Crippen LogP contribution in [0, 0.1) is 0 Å². The molecular weight excluding hydrogens is 230 g/mol. The third kappa shape index (κ3) is 3.76. The zero-order valence-electron chi connectivity index (χ0n) is 9.00. The number of halogens is 1. The highest BCUT2D eigenvalue weighted by Gasteiger charge is 2.10. The third-order valence-electron chi connectivity index (χ3n) is 1.63. The molecule has 0 saturated heterocycles. The van der Waals surface area contributed by atoms with Crippen molar-refractivity contribution >= 4 is 35.0 Å². The Morgan fingerprint density at radius 2 is 2.13 bits per heavy atom. The van der Waals surface area contributed by atoms with Gasteiger partial charge < -0.3 is 5.32 Å². The maximum Gasteiger partial charge on any atom is 0.221 e. The van der Waals surface area contributed by atoms with Crippen molar-refractivity contribution in [1.29, 1.82) is 0 Å². The summed E-state index contributed by atoms with van der Waals surface area (Å²) in [6.45, 7) is 5.67. The highest BCUT2D eigenvalue weighted by molar-refractivity contribution is 8.00. The molecule has 0 aliphatic heterocycles. The minimum atomic E-state index is -0.0807. The summed E-state index contributed by atoms with van der Waals surface area (Å²) in [7, 11) is 0. The van der Waals surface area contributed by atoms with Gasteiger partial charge in [0.15, 0.2) is 0 Å². The lowest BCUT2D eigenvalue weighted by molar-refractivity contribution is -0.114. The van der Waals surface area contributed by atoms with Crippen molar-refractivity contribution in [3.05, 3.63) is 23.2 Å². The number of carbonyl (C=O) groups excluding carboxylic acids is 1. The quantitative estimate of drug-likeness (QED) is 0.819. The summed E-state index contributed by atoms with van der Waals surface area (Å²) >= 11 is 7.73. The Morgan fingerprint density at radius 1 is 1.47 bits per heavy atom. The van der Waals surface area contributed by atoms with Crippen molar-refractivity contribution in [3.63, 3.8) is 0 Å². The molecular formula is C11H14ClNOS. The molecule has 0 aliphatic carbocycles. The van der Waals surface area contributed by atoms with Crippen LogP contribution in [0.2, 0.25) is 5.02 Å². The number of anilines is 1. The Hall–Kier alpha value is -0.670. The van der Waals surface area contributed by atoms with E-state index in [-0.39, 0.29) is 5.91 Å². The van der Waals surface area contributed by atoms with Crippen molar-refractivity contribution in [2.45, 2.75) is 30.9 Å². The minimum absolute atomic E-state index is 0.0807. The van der Waals surface area contributed by atoms with E-state index >= 15 is 0 Å². The van der Waals surface area contributed by atoms with E-state index in [4.69, 9.17) is 11.6 Å². The second-order valence-corrected chi connectivity index (χ2v) is 5.46. The van der Waals surface area contributed by atoms with Gasteiger partial charge in [-0.1, -0.05) is 31.5 Å². The SMILES string of the molecule is CC(=O)Nc1cccc(Cl)c1SC(C)C. The van der Waals surface area contributed by atoms with Gasteiger partial charge >= 0.3 is 0 Å². The number of hydrogen-bond donors (Lipinski definition) is 1. The van der Waals surface area contributed by atoms with E-state index in [1.807, 2.05) is 18.2 Å².